The summed E-state index contributed by atoms with van der Waals surface area (Å²) in [6.45, 7) is 5.54. The molecular formula is C17H18N2O. The number of carbonyl (C=O) groups excluding carboxylic acids is 1. The summed E-state index contributed by atoms with van der Waals surface area (Å²) in [7, 11) is 0. The largest absolute Gasteiger partial charge is 0.294 e. The van der Waals surface area contributed by atoms with Gasteiger partial charge in [0.05, 0.1) is 17.0 Å². The lowest BCUT2D eigenvalue weighted by atomic mass is 10.0. The van der Waals surface area contributed by atoms with Crippen molar-refractivity contribution >= 4 is 5.78 Å². The third kappa shape index (κ3) is 2.36. The number of ketones is 1. The molecule has 0 saturated heterocycles. The standard InChI is InChI=1S/C17H18N2O/c1-10-4-6-13(7-5-10)16-15(12(3)20)11(2)18-17(19-16)14-8-9-14/h4-7,14H,8-9H2,1-3H3. The lowest BCUT2D eigenvalue weighted by molar-refractivity contribution is 0.101. The lowest BCUT2D eigenvalue weighted by Crippen LogP contribution is -2.08. The fraction of sp³-hybridized carbons (Fsp3) is 0.353. The highest BCUT2D eigenvalue weighted by atomic mass is 16.1. The van der Waals surface area contributed by atoms with E-state index in [1.165, 1.54) is 5.56 Å². The molecular weight excluding hydrogens is 248 g/mol. The number of rotatable bonds is 3. The zero-order valence-corrected chi connectivity index (χ0v) is 12.1. The van der Waals surface area contributed by atoms with Crippen molar-refractivity contribution in [2.24, 2.45) is 0 Å². The van der Waals surface area contributed by atoms with Gasteiger partial charge in [-0.25, -0.2) is 9.97 Å². The molecule has 0 N–H and O–H groups in total. The smallest absolute Gasteiger partial charge is 0.163 e. The molecule has 102 valence electrons. The second-order valence-electron chi connectivity index (χ2n) is 5.59. The highest BCUT2D eigenvalue weighted by Crippen LogP contribution is 2.39. The predicted molar refractivity (Wildman–Crippen MR) is 78.9 cm³/mol. The highest BCUT2D eigenvalue weighted by Gasteiger charge is 2.28. The third-order valence-electron chi connectivity index (χ3n) is 3.73. The van der Waals surface area contributed by atoms with Crippen LogP contribution in [0.25, 0.3) is 11.3 Å². The molecule has 0 unspecified atom stereocenters. The number of carbonyl (C=O) groups is 1. The molecule has 3 nitrogen and oxygen atoms in total. The second-order valence-corrected chi connectivity index (χ2v) is 5.59. The average Bonchev–Trinajstić information content (AvgIpc) is 3.22. The predicted octanol–water partition coefficient (Wildman–Crippen LogP) is 3.84. The van der Waals surface area contributed by atoms with Crippen molar-refractivity contribution in [3.8, 4) is 11.3 Å². The first-order chi connectivity index (χ1) is 9.56. The van der Waals surface area contributed by atoms with Gasteiger partial charge in [-0.3, -0.25) is 4.79 Å². The van der Waals surface area contributed by atoms with Gasteiger partial charge in [0, 0.05) is 11.5 Å². The number of benzene rings is 1. The minimum absolute atomic E-state index is 0.0282. The van der Waals surface area contributed by atoms with Crippen LogP contribution in [0, 0.1) is 13.8 Å². The van der Waals surface area contributed by atoms with Gasteiger partial charge in [-0.1, -0.05) is 29.8 Å². The molecule has 1 aromatic carbocycles. The van der Waals surface area contributed by atoms with E-state index < -0.39 is 0 Å². The summed E-state index contributed by atoms with van der Waals surface area (Å²) in [5.74, 6) is 1.41. The van der Waals surface area contributed by atoms with Gasteiger partial charge in [0.2, 0.25) is 0 Å². The van der Waals surface area contributed by atoms with Gasteiger partial charge in [-0.05, 0) is 33.6 Å². The maximum atomic E-state index is 11.9. The van der Waals surface area contributed by atoms with Crippen molar-refractivity contribution in [2.75, 3.05) is 0 Å². The molecule has 0 bridgehead atoms. The highest BCUT2D eigenvalue weighted by molar-refractivity contribution is 6.00. The summed E-state index contributed by atoms with van der Waals surface area (Å²) in [6, 6.07) is 8.15. The van der Waals surface area contributed by atoms with E-state index in [1.54, 1.807) is 6.92 Å². The maximum absolute atomic E-state index is 11.9. The maximum Gasteiger partial charge on any atom is 0.163 e. The lowest BCUT2D eigenvalue weighted by Gasteiger charge is -2.11. The van der Waals surface area contributed by atoms with E-state index in [4.69, 9.17) is 0 Å². The number of hydrogen-bond donors (Lipinski definition) is 0. The number of Topliss-reactive ketones (excluding diaryl/α,β-unsaturated/α-hetero) is 1. The topological polar surface area (TPSA) is 42.9 Å². The molecule has 1 saturated carbocycles. The molecule has 1 aliphatic rings. The normalized spacial score (nSPS) is 14.3. The van der Waals surface area contributed by atoms with Crippen LogP contribution in [0.4, 0.5) is 0 Å². The summed E-state index contributed by atoms with van der Waals surface area (Å²) < 4.78 is 0. The average molecular weight is 266 g/mol. The van der Waals surface area contributed by atoms with Crippen molar-refractivity contribution in [2.45, 2.75) is 39.5 Å². The Balaban J connectivity index is 2.19. The molecule has 0 radical (unpaired) electrons. The molecule has 0 spiro atoms. The van der Waals surface area contributed by atoms with Crippen LogP contribution in [0.2, 0.25) is 0 Å². The molecule has 1 aliphatic carbocycles. The van der Waals surface area contributed by atoms with E-state index in [2.05, 4.69) is 16.9 Å². The van der Waals surface area contributed by atoms with E-state index in [9.17, 15) is 4.79 Å². The van der Waals surface area contributed by atoms with E-state index in [0.717, 1.165) is 35.6 Å². The van der Waals surface area contributed by atoms with Crippen LogP contribution in [-0.4, -0.2) is 15.8 Å². The van der Waals surface area contributed by atoms with Crippen molar-refractivity contribution in [3.63, 3.8) is 0 Å². The first-order valence-corrected chi connectivity index (χ1v) is 7.03. The van der Waals surface area contributed by atoms with Gasteiger partial charge in [-0.2, -0.15) is 0 Å². The van der Waals surface area contributed by atoms with E-state index in [-0.39, 0.29) is 5.78 Å². The SMILES string of the molecule is CC(=O)c1c(C)nc(C2CC2)nc1-c1ccc(C)cc1. The van der Waals surface area contributed by atoms with Crippen molar-refractivity contribution in [1.82, 2.24) is 9.97 Å². The molecule has 1 aromatic heterocycles. The van der Waals surface area contributed by atoms with Crippen LogP contribution in [0.5, 0.6) is 0 Å². The zero-order valence-electron chi connectivity index (χ0n) is 12.1. The van der Waals surface area contributed by atoms with Gasteiger partial charge in [0.25, 0.3) is 0 Å². The molecule has 3 heteroatoms. The van der Waals surface area contributed by atoms with E-state index in [0.29, 0.717) is 11.5 Å². The summed E-state index contributed by atoms with van der Waals surface area (Å²) in [6.07, 6.45) is 2.32. The second kappa shape index (κ2) is 4.82. The number of hydrogen-bond acceptors (Lipinski definition) is 3. The molecule has 0 aliphatic heterocycles. The Kier molecular flexibility index (Phi) is 3.13. The Morgan fingerprint density at radius 2 is 1.75 bits per heavy atom. The number of nitrogens with zero attached hydrogens (tertiary/aromatic N) is 2. The van der Waals surface area contributed by atoms with Gasteiger partial charge < -0.3 is 0 Å². The first-order valence-electron chi connectivity index (χ1n) is 7.03. The monoisotopic (exact) mass is 266 g/mol. The van der Waals surface area contributed by atoms with Crippen LogP contribution in [0.1, 0.15) is 53.1 Å². The molecule has 2 aromatic rings. The quantitative estimate of drug-likeness (QED) is 0.793. The molecule has 1 heterocycles. The summed E-state index contributed by atoms with van der Waals surface area (Å²) in [5.41, 5.74) is 4.43. The Hall–Kier alpha value is -2.03. The van der Waals surface area contributed by atoms with Crippen LogP contribution >= 0.6 is 0 Å². The van der Waals surface area contributed by atoms with Crippen LogP contribution in [0.15, 0.2) is 24.3 Å². The fourth-order valence-corrected chi connectivity index (χ4v) is 2.46. The van der Waals surface area contributed by atoms with Crippen molar-refractivity contribution < 1.29 is 4.79 Å². The van der Waals surface area contributed by atoms with Crippen molar-refractivity contribution in [1.29, 1.82) is 0 Å². The molecule has 3 rings (SSSR count). The Bertz CT molecular complexity index is 670. The Morgan fingerprint density at radius 1 is 1.10 bits per heavy atom. The molecule has 1 fully saturated rings. The van der Waals surface area contributed by atoms with Crippen molar-refractivity contribution in [3.05, 3.63) is 46.9 Å². The summed E-state index contributed by atoms with van der Waals surface area (Å²) in [5, 5.41) is 0. The van der Waals surface area contributed by atoms with Gasteiger partial charge >= 0.3 is 0 Å². The number of aryl methyl sites for hydroxylation is 2. The summed E-state index contributed by atoms with van der Waals surface area (Å²) >= 11 is 0. The molecule has 0 atom stereocenters. The van der Waals surface area contributed by atoms with Crippen LogP contribution < -0.4 is 0 Å². The minimum Gasteiger partial charge on any atom is -0.294 e. The van der Waals surface area contributed by atoms with Gasteiger partial charge in [0.1, 0.15) is 5.82 Å². The van der Waals surface area contributed by atoms with Crippen LogP contribution in [-0.2, 0) is 0 Å². The Labute approximate surface area is 119 Å². The number of aromatic nitrogens is 2. The van der Waals surface area contributed by atoms with E-state index >= 15 is 0 Å². The zero-order chi connectivity index (χ0) is 14.3. The summed E-state index contributed by atoms with van der Waals surface area (Å²) in [4.78, 5) is 21.2. The minimum atomic E-state index is 0.0282. The molecule has 0 amide bonds. The first kappa shape index (κ1) is 13.0. The van der Waals surface area contributed by atoms with Gasteiger partial charge in [-0.15, -0.1) is 0 Å². The van der Waals surface area contributed by atoms with Crippen LogP contribution in [0.3, 0.4) is 0 Å². The third-order valence-corrected chi connectivity index (χ3v) is 3.73. The van der Waals surface area contributed by atoms with Gasteiger partial charge in [0.15, 0.2) is 5.78 Å². The van der Waals surface area contributed by atoms with E-state index in [1.807, 2.05) is 31.2 Å². The molecule has 20 heavy (non-hydrogen) atoms. The fourth-order valence-electron chi connectivity index (χ4n) is 2.46. The Morgan fingerprint density at radius 3 is 2.30 bits per heavy atom.